The number of hydrogen-bond acceptors (Lipinski definition) is 7. The molecule has 0 aromatic carbocycles. The Kier molecular flexibility index (Phi) is 57.3. The largest absolute Gasteiger partial charge is 0.477 e. The first-order valence-corrected chi connectivity index (χ1v) is 32.8. The summed E-state index contributed by atoms with van der Waals surface area (Å²) in [4.78, 5) is 37.5. The first kappa shape index (κ1) is 74.2. The molecule has 0 amide bonds. The lowest BCUT2D eigenvalue weighted by molar-refractivity contribution is -0.870. The van der Waals surface area contributed by atoms with Gasteiger partial charge in [-0.05, 0) is 77.0 Å². The van der Waals surface area contributed by atoms with E-state index < -0.39 is 24.3 Å². The smallest absolute Gasteiger partial charge is 0.361 e. The van der Waals surface area contributed by atoms with Gasteiger partial charge in [-0.1, -0.05) is 268 Å². The van der Waals surface area contributed by atoms with Gasteiger partial charge in [-0.25, -0.2) is 4.79 Å². The number of likely N-dealkylation sites (N-methyl/N-ethyl adjacent to an activating group) is 1. The second kappa shape index (κ2) is 59.4. The Morgan fingerprint density at radius 1 is 0.390 bits per heavy atom. The van der Waals surface area contributed by atoms with E-state index >= 15 is 0 Å². The fraction of sp³-hybridized carbons (Fsp3) is 0.838. The predicted octanol–water partition coefficient (Wildman–Crippen LogP) is 19.8. The predicted molar refractivity (Wildman–Crippen MR) is 327 cm³/mol. The Balaban J connectivity index is 4.15. The number of quaternary nitrogens is 1. The Morgan fingerprint density at radius 2 is 0.701 bits per heavy atom. The maximum Gasteiger partial charge on any atom is 0.361 e. The van der Waals surface area contributed by atoms with Crippen molar-refractivity contribution in [3.8, 4) is 0 Å². The van der Waals surface area contributed by atoms with E-state index in [1.165, 1.54) is 225 Å². The van der Waals surface area contributed by atoms with Gasteiger partial charge in [0, 0.05) is 12.8 Å². The van der Waals surface area contributed by atoms with Crippen molar-refractivity contribution < 1.29 is 42.9 Å². The fourth-order valence-electron chi connectivity index (χ4n) is 9.49. The Morgan fingerprint density at radius 3 is 1.05 bits per heavy atom. The van der Waals surface area contributed by atoms with Gasteiger partial charge in [0.15, 0.2) is 6.10 Å². The zero-order chi connectivity index (χ0) is 56.2. The maximum atomic E-state index is 12.9. The third-order valence-electron chi connectivity index (χ3n) is 14.6. The lowest BCUT2D eigenvalue weighted by Crippen LogP contribution is -2.40. The van der Waals surface area contributed by atoms with Crippen molar-refractivity contribution >= 4 is 17.9 Å². The molecular formula is C68H126NO8+. The number of nitrogens with zero attached hydrogens (tertiary/aromatic N) is 1. The minimum Gasteiger partial charge on any atom is -0.477 e. The van der Waals surface area contributed by atoms with Crippen molar-refractivity contribution in [2.24, 2.45) is 0 Å². The fourth-order valence-corrected chi connectivity index (χ4v) is 9.49. The number of unbranched alkanes of at least 4 members (excludes halogenated alkanes) is 38. The van der Waals surface area contributed by atoms with Gasteiger partial charge < -0.3 is 28.5 Å². The number of aliphatic carboxylic acids is 1. The molecule has 9 heteroatoms. The van der Waals surface area contributed by atoms with E-state index in [0.29, 0.717) is 17.4 Å². The summed E-state index contributed by atoms with van der Waals surface area (Å²) in [7, 11) is 5.98. The van der Waals surface area contributed by atoms with Crippen LogP contribution in [-0.2, 0) is 33.3 Å². The molecule has 0 aliphatic carbocycles. The first-order chi connectivity index (χ1) is 37.6. The van der Waals surface area contributed by atoms with Gasteiger partial charge in [0.05, 0.1) is 34.4 Å². The summed E-state index contributed by atoms with van der Waals surface area (Å²) in [6.45, 7) is 4.90. The molecule has 2 atom stereocenters. The molecule has 9 nitrogen and oxygen atoms in total. The summed E-state index contributed by atoms with van der Waals surface area (Å²) in [5.74, 6) is -1.99. The van der Waals surface area contributed by atoms with Crippen molar-refractivity contribution in [1.82, 2.24) is 0 Å². The van der Waals surface area contributed by atoms with Gasteiger partial charge in [0.2, 0.25) is 0 Å². The van der Waals surface area contributed by atoms with Crippen LogP contribution in [-0.4, -0.2) is 87.4 Å². The van der Waals surface area contributed by atoms with Crippen LogP contribution in [0.25, 0.3) is 0 Å². The van der Waals surface area contributed by atoms with Crippen LogP contribution >= 0.6 is 0 Å². The SMILES string of the molecule is CCCCCCC/C=C\C/C=C\C/C=C\CCCCCCCCCCCCC(=O)OC(COC(=O)CCCCCCCCCCCCCCCCC/C=C\CCCCCCCCCC)COC(OCC[N+](C)(C)C)C(=O)O. The molecule has 2 unspecified atom stereocenters. The number of carboxylic acids is 1. The molecule has 450 valence electrons. The van der Waals surface area contributed by atoms with Crippen molar-refractivity contribution in [1.29, 1.82) is 0 Å². The zero-order valence-electron chi connectivity index (χ0n) is 51.4. The Labute approximate surface area is 476 Å². The Hall–Kier alpha value is -2.75. The second-order valence-corrected chi connectivity index (χ2v) is 23.4. The maximum absolute atomic E-state index is 12.9. The van der Waals surface area contributed by atoms with Gasteiger partial charge in [-0.3, -0.25) is 9.59 Å². The van der Waals surface area contributed by atoms with Crippen LogP contribution in [0, 0.1) is 0 Å². The molecule has 1 N–H and O–H groups in total. The molecule has 0 aromatic rings. The summed E-state index contributed by atoms with van der Waals surface area (Å²) >= 11 is 0. The molecule has 0 fully saturated rings. The molecular weight excluding hydrogens is 959 g/mol. The molecule has 0 aliphatic rings. The first-order valence-electron chi connectivity index (χ1n) is 32.8. The standard InChI is InChI=1S/C68H125NO8/c1-6-8-10-12-14-16-18-20-22-24-26-28-30-32-33-35-36-38-40-42-44-46-48-50-52-54-56-58-65(70)75-62-64(63-76-68(67(72)73)74-61-60-69(3,4)5)77-66(71)59-57-55-53-51-49-47-45-43-41-39-37-34-31-29-27-25-23-21-19-17-15-13-11-9-7-2/h19,21,24-27,31,34,64,68H,6-18,20,22-23,28-30,32-33,35-63H2,1-5H3/p+1/b21-19-,26-24-,27-25-,34-31-. The third kappa shape index (κ3) is 60.7. The molecule has 0 saturated heterocycles. The summed E-state index contributed by atoms with van der Waals surface area (Å²) in [5, 5.41) is 9.73. The molecule has 0 rings (SSSR count). The summed E-state index contributed by atoms with van der Waals surface area (Å²) in [5.41, 5.74) is 0. The normalized spacial score (nSPS) is 13.0. The topological polar surface area (TPSA) is 108 Å². The summed E-state index contributed by atoms with van der Waals surface area (Å²) in [6, 6.07) is 0. The van der Waals surface area contributed by atoms with Crippen molar-refractivity contribution in [3.05, 3.63) is 48.6 Å². The van der Waals surface area contributed by atoms with Crippen LogP contribution in [0.15, 0.2) is 48.6 Å². The van der Waals surface area contributed by atoms with E-state index in [4.69, 9.17) is 18.9 Å². The molecule has 0 heterocycles. The highest BCUT2D eigenvalue weighted by molar-refractivity contribution is 5.71. The van der Waals surface area contributed by atoms with Crippen molar-refractivity contribution in [2.75, 3.05) is 47.5 Å². The van der Waals surface area contributed by atoms with Gasteiger partial charge in [0.1, 0.15) is 13.2 Å². The van der Waals surface area contributed by atoms with E-state index in [2.05, 4.69) is 62.5 Å². The minimum atomic E-state index is -1.51. The van der Waals surface area contributed by atoms with Gasteiger partial charge >= 0.3 is 17.9 Å². The van der Waals surface area contributed by atoms with E-state index in [9.17, 15) is 19.5 Å². The molecule has 0 bridgehead atoms. The van der Waals surface area contributed by atoms with E-state index in [-0.39, 0.29) is 32.2 Å². The van der Waals surface area contributed by atoms with E-state index in [1.54, 1.807) is 0 Å². The number of hydrogen-bond donors (Lipinski definition) is 1. The molecule has 77 heavy (non-hydrogen) atoms. The van der Waals surface area contributed by atoms with Crippen molar-refractivity contribution in [2.45, 2.75) is 322 Å². The lowest BCUT2D eigenvalue weighted by atomic mass is 10.0. The lowest BCUT2D eigenvalue weighted by Gasteiger charge is -2.25. The van der Waals surface area contributed by atoms with Gasteiger partial charge in [-0.2, -0.15) is 0 Å². The molecule has 0 radical (unpaired) electrons. The van der Waals surface area contributed by atoms with Gasteiger partial charge in [-0.15, -0.1) is 0 Å². The van der Waals surface area contributed by atoms with E-state index in [1.807, 2.05) is 21.1 Å². The van der Waals surface area contributed by atoms with Crippen LogP contribution < -0.4 is 0 Å². The number of esters is 2. The van der Waals surface area contributed by atoms with Crippen LogP contribution in [0.5, 0.6) is 0 Å². The number of carbonyl (C=O) groups excluding carboxylic acids is 2. The molecule has 0 aliphatic heterocycles. The zero-order valence-corrected chi connectivity index (χ0v) is 51.4. The van der Waals surface area contributed by atoms with Crippen LogP contribution in [0.1, 0.15) is 309 Å². The van der Waals surface area contributed by atoms with Crippen LogP contribution in [0.2, 0.25) is 0 Å². The highest BCUT2D eigenvalue weighted by Gasteiger charge is 2.25. The van der Waals surface area contributed by atoms with E-state index in [0.717, 1.165) is 57.8 Å². The third-order valence-corrected chi connectivity index (χ3v) is 14.6. The average molecular weight is 1090 g/mol. The second-order valence-electron chi connectivity index (χ2n) is 23.4. The quantitative estimate of drug-likeness (QED) is 0.0211. The van der Waals surface area contributed by atoms with Crippen molar-refractivity contribution in [3.63, 3.8) is 0 Å². The summed E-state index contributed by atoms with van der Waals surface area (Å²) in [6.07, 6.45) is 72.0. The number of ether oxygens (including phenoxy) is 4. The summed E-state index contributed by atoms with van der Waals surface area (Å²) < 4.78 is 23.0. The highest BCUT2D eigenvalue weighted by Crippen LogP contribution is 2.17. The highest BCUT2D eigenvalue weighted by atomic mass is 16.7. The average Bonchev–Trinajstić information content (AvgIpc) is 3.40. The number of allylic oxidation sites excluding steroid dienone is 8. The van der Waals surface area contributed by atoms with Crippen LogP contribution in [0.4, 0.5) is 0 Å². The number of carbonyl (C=O) groups is 3. The minimum absolute atomic E-state index is 0.181. The molecule has 0 saturated carbocycles. The molecule has 0 spiro atoms. The van der Waals surface area contributed by atoms with Crippen LogP contribution in [0.3, 0.4) is 0 Å². The molecule has 0 aromatic heterocycles. The number of carboxylic acid groups (broad SMARTS) is 1. The Bertz CT molecular complexity index is 1400. The monoisotopic (exact) mass is 1080 g/mol. The number of rotatable bonds is 61. The van der Waals surface area contributed by atoms with Gasteiger partial charge in [0.25, 0.3) is 6.29 Å².